The lowest BCUT2D eigenvalue weighted by Crippen LogP contribution is -2.49. The average Bonchev–Trinajstić information content (AvgIpc) is 2.98. The van der Waals surface area contributed by atoms with Crippen molar-refractivity contribution >= 4 is 40.5 Å². The number of nitrogens with zero attached hydrogens (tertiary/aromatic N) is 2. The predicted molar refractivity (Wildman–Crippen MR) is 104 cm³/mol. The van der Waals surface area contributed by atoms with Gasteiger partial charge < -0.3 is 14.5 Å². The number of halogens is 1. The largest absolute Gasteiger partial charge is 0.452 e. The molecule has 0 N–H and O–H groups in total. The third-order valence-corrected chi connectivity index (χ3v) is 5.59. The van der Waals surface area contributed by atoms with Gasteiger partial charge in [-0.1, -0.05) is 17.7 Å². The van der Waals surface area contributed by atoms with E-state index in [-0.39, 0.29) is 12.5 Å². The summed E-state index contributed by atoms with van der Waals surface area (Å²) in [5.74, 6) is -0.591. The van der Waals surface area contributed by atoms with E-state index in [1.165, 1.54) is 0 Å². The molecule has 5 nitrogen and oxygen atoms in total. The highest BCUT2D eigenvalue weighted by Crippen LogP contribution is 2.22. The summed E-state index contributed by atoms with van der Waals surface area (Å²) in [5, 5.41) is 0.701. The Kier molecular flexibility index (Phi) is 5.84. The van der Waals surface area contributed by atoms with E-state index < -0.39 is 5.97 Å². The highest BCUT2D eigenvalue weighted by Gasteiger charge is 2.23. The molecule has 0 saturated carbocycles. The lowest BCUT2D eigenvalue weighted by molar-refractivity contribution is -0.134. The van der Waals surface area contributed by atoms with Crippen LogP contribution < -0.4 is 4.90 Å². The van der Waals surface area contributed by atoms with Crippen molar-refractivity contribution in [3.63, 3.8) is 0 Å². The number of benzene rings is 1. The number of carbonyl (C=O) groups excluding carboxylic acids is 2. The summed E-state index contributed by atoms with van der Waals surface area (Å²) in [6, 6.07) is 9.50. The number of esters is 1. The number of ether oxygens (including phenoxy) is 1. The zero-order valence-corrected chi connectivity index (χ0v) is 16.4. The number of hydrogen-bond donors (Lipinski definition) is 0. The number of thiophene rings is 1. The lowest BCUT2D eigenvalue weighted by atomic mass is 10.2. The summed E-state index contributed by atoms with van der Waals surface area (Å²) < 4.78 is 5.21. The fourth-order valence-corrected chi connectivity index (χ4v) is 4.11. The summed E-state index contributed by atoms with van der Waals surface area (Å²) in [6.45, 7) is 6.25. The Morgan fingerprint density at radius 3 is 2.50 bits per heavy atom. The lowest BCUT2D eigenvalue weighted by Gasteiger charge is -2.36. The zero-order chi connectivity index (χ0) is 18.7. The Morgan fingerprint density at radius 1 is 1.15 bits per heavy atom. The van der Waals surface area contributed by atoms with E-state index in [9.17, 15) is 9.59 Å². The first-order valence-electron chi connectivity index (χ1n) is 8.46. The molecule has 1 fully saturated rings. The Bertz CT molecular complexity index is 813. The molecule has 0 spiro atoms. The fourth-order valence-electron chi connectivity index (χ4n) is 3.02. The normalized spacial score (nSPS) is 14.4. The van der Waals surface area contributed by atoms with Crippen molar-refractivity contribution in [2.24, 2.45) is 0 Å². The quantitative estimate of drug-likeness (QED) is 0.747. The van der Waals surface area contributed by atoms with Gasteiger partial charge in [0.15, 0.2) is 6.61 Å². The fraction of sp³-hybridized carbons (Fsp3) is 0.368. The van der Waals surface area contributed by atoms with Crippen molar-refractivity contribution < 1.29 is 14.3 Å². The van der Waals surface area contributed by atoms with Gasteiger partial charge in [-0.05, 0) is 38.1 Å². The number of hydrogen-bond acceptors (Lipinski definition) is 5. The first-order valence-corrected chi connectivity index (χ1v) is 9.66. The maximum Gasteiger partial charge on any atom is 0.339 e. The van der Waals surface area contributed by atoms with E-state index in [1.807, 2.05) is 38.1 Å². The van der Waals surface area contributed by atoms with Gasteiger partial charge >= 0.3 is 5.97 Å². The molecule has 1 aliphatic rings. The van der Waals surface area contributed by atoms with Crippen LogP contribution in [0.3, 0.4) is 0 Å². The maximum absolute atomic E-state index is 12.3. The van der Waals surface area contributed by atoms with Gasteiger partial charge in [-0.15, -0.1) is 11.3 Å². The zero-order valence-electron chi connectivity index (χ0n) is 14.8. The third kappa shape index (κ3) is 4.37. The van der Waals surface area contributed by atoms with E-state index in [2.05, 4.69) is 4.90 Å². The number of anilines is 1. The van der Waals surface area contributed by atoms with Gasteiger partial charge in [0.1, 0.15) is 0 Å². The maximum atomic E-state index is 12.3. The van der Waals surface area contributed by atoms with Gasteiger partial charge in [0.25, 0.3) is 5.91 Å². The van der Waals surface area contributed by atoms with Gasteiger partial charge in [0, 0.05) is 46.6 Å². The first-order chi connectivity index (χ1) is 12.4. The molecule has 3 rings (SSSR count). The highest BCUT2D eigenvalue weighted by molar-refractivity contribution is 7.12. The van der Waals surface area contributed by atoms with E-state index in [0.717, 1.165) is 28.5 Å². The van der Waals surface area contributed by atoms with E-state index in [0.29, 0.717) is 23.7 Å². The van der Waals surface area contributed by atoms with Crippen LogP contribution in [-0.2, 0) is 9.53 Å². The van der Waals surface area contributed by atoms with E-state index >= 15 is 0 Å². The van der Waals surface area contributed by atoms with Crippen LogP contribution in [0.1, 0.15) is 20.1 Å². The molecule has 1 amide bonds. The van der Waals surface area contributed by atoms with Crippen LogP contribution in [0.4, 0.5) is 5.69 Å². The van der Waals surface area contributed by atoms with Gasteiger partial charge in [0.2, 0.25) is 0 Å². The van der Waals surface area contributed by atoms with Gasteiger partial charge in [-0.2, -0.15) is 0 Å². The van der Waals surface area contributed by atoms with Crippen LogP contribution in [0.2, 0.25) is 5.02 Å². The van der Waals surface area contributed by atoms with Crippen molar-refractivity contribution in [3.8, 4) is 0 Å². The Labute approximate surface area is 162 Å². The Morgan fingerprint density at radius 2 is 1.88 bits per heavy atom. The van der Waals surface area contributed by atoms with Crippen LogP contribution in [0.25, 0.3) is 0 Å². The minimum atomic E-state index is -0.433. The predicted octanol–water partition coefficient (Wildman–Crippen LogP) is 3.52. The molecular formula is C19H21ClN2O3S. The molecule has 0 aliphatic carbocycles. The van der Waals surface area contributed by atoms with Crippen molar-refractivity contribution in [1.82, 2.24) is 4.90 Å². The first kappa shape index (κ1) is 18.7. The molecule has 7 heteroatoms. The van der Waals surface area contributed by atoms with Crippen molar-refractivity contribution in [3.05, 3.63) is 50.7 Å². The molecule has 26 heavy (non-hydrogen) atoms. The van der Waals surface area contributed by atoms with E-state index in [4.69, 9.17) is 16.3 Å². The second-order valence-electron chi connectivity index (χ2n) is 6.25. The molecule has 1 aliphatic heterocycles. The molecule has 0 unspecified atom stereocenters. The molecule has 0 atom stereocenters. The molecule has 0 bridgehead atoms. The highest BCUT2D eigenvalue weighted by atomic mass is 35.5. The summed E-state index contributed by atoms with van der Waals surface area (Å²) in [7, 11) is 0. The number of carbonyl (C=O) groups is 2. The molecular weight excluding hydrogens is 372 g/mol. The molecule has 1 aromatic heterocycles. The Balaban J connectivity index is 1.49. The van der Waals surface area contributed by atoms with E-state index in [1.54, 1.807) is 22.3 Å². The topological polar surface area (TPSA) is 49.9 Å². The number of rotatable bonds is 4. The monoisotopic (exact) mass is 392 g/mol. The van der Waals surface area contributed by atoms with Crippen LogP contribution in [0.5, 0.6) is 0 Å². The third-order valence-electron chi connectivity index (χ3n) is 4.39. The van der Waals surface area contributed by atoms with Crippen LogP contribution in [0, 0.1) is 13.8 Å². The van der Waals surface area contributed by atoms with Crippen LogP contribution in [0.15, 0.2) is 30.3 Å². The molecule has 2 heterocycles. The summed E-state index contributed by atoms with van der Waals surface area (Å²) in [5.41, 5.74) is 1.60. The minimum Gasteiger partial charge on any atom is -0.452 e. The van der Waals surface area contributed by atoms with Gasteiger partial charge in [-0.25, -0.2) is 4.79 Å². The summed E-state index contributed by atoms with van der Waals surface area (Å²) >= 11 is 7.59. The SMILES string of the molecule is Cc1cc(C(=O)OCC(=O)N2CCN(c3cccc(Cl)c3)CC2)c(C)s1. The van der Waals surface area contributed by atoms with Crippen molar-refractivity contribution in [2.45, 2.75) is 13.8 Å². The summed E-state index contributed by atoms with van der Waals surface area (Å²) in [4.78, 5) is 30.4. The molecule has 0 radical (unpaired) electrons. The van der Waals surface area contributed by atoms with Crippen LogP contribution >= 0.6 is 22.9 Å². The molecule has 2 aromatic rings. The second kappa shape index (κ2) is 8.10. The van der Waals surface area contributed by atoms with Crippen molar-refractivity contribution in [1.29, 1.82) is 0 Å². The molecule has 1 aromatic carbocycles. The minimum absolute atomic E-state index is 0.159. The Hall–Kier alpha value is -2.05. The molecule has 1 saturated heterocycles. The number of amides is 1. The smallest absolute Gasteiger partial charge is 0.339 e. The van der Waals surface area contributed by atoms with Gasteiger partial charge in [-0.3, -0.25) is 4.79 Å². The van der Waals surface area contributed by atoms with Crippen LogP contribution in [-0.4, -0.2) is 49.6 Å². The summed E-state index contributed by atoms with van der Waals surface area (Å²) in [6.07, 6.45) is 0. The van der Waals surface area contributed by atoms with Gasteiger partial charge in [0.05, 0.1) is 5.56 Å². The van der Waals surface area contributed by atoms with Crippen molar-refractivity contribution in [2.75, 3.05) is 37.7 Å². The molecule has 138 valence electrons. The number of aryl methyl sites for hydroxylation is 2. The second-order valence-corrected chi connectivity index (χ2v) is 8.15. The standard InChI is InChI=1S/C19H21ClN2O3S/c1-13-10-17(14(2)26-13)19(24)25-12-18(23)22-8-6-21(7-9-22)16-5-3-4-15(20)11-16/h3-5,10-11H,6-9,12H2,1-2H3. The number of piperazine rings is 1. The average molecular weight is 393 g/mol.